The number of phenols is 1. The summed E-state index contributed by atoms with van der Waals surface area (Å²) in [7, 11) is 0. The van der Waals surface area contributed by atoms with Crippen LogP contribution >= 0.6 is 0 Å². The zero-order valence-electron chi connectivity index (χ0n) is 57.7. The van der Waals surface area contributed by atoms with E-state index < -0.39 is 198 Å². The number of aromatic hydroxyl groups is 1. The first kappa shape index (κ1) is 87.2. The summed E-state index contributed by atoms with van der Waals surface area (Å²) in [6.45, 7) is 12.8. The van der Waals surface area contributed by atoms with Crippen LogP contribution in [0.4, 0.5) is 0 Å². The highest BCUT2D eigenvalue weighted by Crippen LogP contribution is 2.16. The Bertz CT molecular complexity index is 2950. The Hall–Kier alpha value is -9.78. The van der Waals surface area contributed by atoms with Crippen LogP contribution in [0.3, 0.4) is 0 Å². The van der Waals surface area contributed by atoms with Gasteiger partial charge in [0.1, 0.15) is 72.2 Å². The number of guanidine groups is 1. The maximum Gasteiger partial charge on any atom is 0.305 e. The fourth-order valence-corrected chi connectivity index (χ4v) is 9.55. The molecule has 0 saturated heterocycles. The SMILES string of the molecule is CC[C@H](C)[C@H](NC(=O)[C@H](CCCN=C(N)N)NC(=O)[C@H](CCCCN)NC(=O)[C@H](Cc1ccc(O)cc1)NC(=O)[C@H](CC(=O)O)NC(=O)[C@H](C)NC(=O)CNC(C)=O)C(=O)N[C@H](C(=O)N[C@H](C(=O)N[C@@H](CCCCN)C(=O)N[C@H](C(=O)N[C@@H](CC(N)=O)C(N)=O)C(C)C)C(C)C)[C@@H](C)O. The topological polar surface area (TPSA) is 630 Å². The number of hydrogen-bond acceptors (Lipinski definition) is 20. The summed E-state index contributed by atoms with van der Waals surface area (Å²) >= 11 is 0. The van der Waals surface area contributed by atoms with E-state index in [0.717, 1.165) is 6.92 Å². The first-order valence-corrected chi connectivity index (χ1v) is 32.7. The number of unbranched alkanes of at least 4 members (excludes halogenated alkanes) is 2. The Balaban J connectivity index is 3.72. The van der Waals surface area contributed by atoms with E-state index in [1.807, 2.05) is 0 Å². The third-order valence-corrected chi connectivity index (χ3v) is 15.4. The van der Waals surface area contributed by atoms with Gasteiger partial charge in [-0.1, -0.05) is 60.1 Å². The fourth-order valence-electron chi connectivity index (χ4n) is 9.55. The van der Waals surface area contributed by atoms with Gasteiger partial charge >= 0.3 is 5.97 Å². The van der Waals surface area contributed by atoms with E-state index in [9.17, 15) is 87.2 Å². The number of nitrogens with one attached hydrogen (secondary N) is 12. The Morgan fingerprint density at radius 3 is 1.32 bits per heavy atom. The number of aliphatic hydroxyl groups excluding tert-OH is 1. The predicted molar refractivity (Wildman–Crippen MR) is 359 cm³/mol. The van der Waals surface area contributed by atoms with E-state index in [1.54, 1.807) is 41.5 Å². The van der Waals surface area contributed by atoms with Gasteiger partial charge < -0.3 is 114 Å². The molecule has 0 aliphatic rings. The van der Waals surface area contributed by atoms with Crippen LogP contribution in [0.2, 0.25) is 0 Å². The summed E-state index contributed by atoms with van der Waals surface area (Å²) in [6.07, 6.45) is -2.56. The largest absolute Gasteiger partial charge is 0.508 e. The number of amides is 14. The van der Waals surface area contributed by atoms with Crippen LogP contribution in [0.1, 0.15) is 139 Å². The summed E-state index contributed by atoms with van der Waals surface area (Å²) in [4.78, 5) is 205. The maximum atomic E-state index is 14.6. The Morgan fingerprint density at radius 1 is 0.475 bits per heavy atom. The molecule has 0 aliphatic carbocycles. The highest BCUT2D eigenvalue weighted by molar-refractivity contribution is 6.00. The minimum atomic E-state index is -1.87. The van der Waals surface area contributed by atoms with Gasteiger partial charge in [0.15, 0.2) is 5.96 Å². The Kier molecular flexibility index (Phi) is 39.6. The average Bonchev–Trinajstić information content (AvgIpc) is 0.853. The number of hydrogen-bond donors (Lipinski definition) is 21. The predicted octanol–water partition coefficient (Wildman–Crippen LogP) is -6.69. The van der Waals surface area contributed by atoms with E-state index in [-0.39, 0.29) is 76.3 Å². The zero-order chi connectivity index (χ0) is 75.4. The van der Waals surface area contributed by atoms with E-state index >= 15 is 0 Å². The molecule has 0 saturated carbocycles. The lowest BCUT2D eigenvalue weighted by Gasteiger charge is -2.31. The van der Waals surface area contributed by atoms with Gasteiger partial charge in [0.25, 0.3) is 0 Å². The van der Waals surface area contributed by atoms with E-state index in [2.05, 4.69) is 68.8 Å². The van der Waals surface area contributed by atoms with Crippen molar-refractivity contribution in [3.05, 3.63) is 29.8 Å². The van der Waals surface area contributed by atoms with Crippen LogP contribution in [0.5, 0.6) is 5.75 Å². The molecule has 1 aromatic rings. The lowest BCUT2D eigenvalue weighted by molar-refractivity contribution is -0.141. The molecule has 0 aliphatic heterocycles. The number of aliphatic carboxylic acids is 1. The molecular formula is C62H105N19O18. The van der Waals surface area contributed by atoms with Crippen molar-refractivity contribution in [3.8, 4) is 5.75 Å². The average molecular weight is 1400 g/mol. The van der Waals surface area contributed by atoms with Gasteiger partial charge in [-0.2, -0.15) is 0 Å². The molecule has 14 amide bonds. The summed E-state index contributed by atoms with van der Waals surface area (Å²) in [5.41, 5.74) is 33.6. The Morgan fingerprint density at radius 2 is 0.879 bits per heavy atom. The van der Waals surface area contributed by atoms with Gasteiger partial charge in [-0.25, -0.2) is 0 Å². The first-order valence-electron chi connectivity index (χ1n) is 32.7. The van der Waals surface area contributed by atoms with Crippen LogP contribution in [-0.4, -0.2) is 209 Å². The number of nitrogens with two attached hydrogens (primary N) is 6. The molecule has 1 aromatic carbocycles. The first-order chi connectivity index (χ1) is 46.4. The molecule has 0 fully saturated rings. The highest BCUT2D eigenvalue weighted by atomic mass is 16.4. The number of nitrogens with zero attached hydrogens (tertiary/aromatic N) is 1. The molecular weight excluding hydrogens is 1300 g/mol. The molecule has 0 aromatic heterocycles. The minimum absolute atomic E-state index is 0.0151. The molecule has 556 valence electrons. The van der Waals surface area contributed by atoms with Gasteiger partial charge in [0.05, 0.1) is 25.5 Å². The van der Waals surface area contributed by atoms with Crippen LogP contribution in [0.25, 0.3) is 0 Å². The molecule has 37 nitrogen and oxygen atoms in total. The summed E-state index contributed by atoms with van der Waals surface area (Å²) in [6, 6.07) is -11.5. The molecule has 13 atom stereocenters. The molecule has 99 heavy (non-hydrogen) atoms. The minimum Gasteiger partial charge on any atom is -0.508 e. The number of aliphatic hydroxyl groups is 1. The van der Waals surface area contributed by atoms with Gasteiger partial charge in [0, 0.05) is 19.9 Å². The smallest absolute Gasteiger partial charge is 0.305 e. The van der Waals surface area contributed by atoms with Crippen LogP contribution in [0.15, 0.2) is 29.3 Å². The van der Waals surface area contributed by atoms with Crippen molar-refractivity contribution in [1.29, 1.82) is 0 Å². The molecule has 0 spiro atoms. The van der Waals surface area contributed by atoms with Crippen LogP contribution < -0.4 is 98.2 Å². The van der Waals surface area contributed by atoms with Crippen molar-refractivity contribution < 1.29 is 87.2 Å². The number of carboxylic acids is 1. The lowest BCUT2D eigenvalue weighted by Crippen LogP contribution is -2.63. The van der Waals surface area contributed by atoms with E-state index in [0.29, 0.717) is 24.8 Å². The summed E-state index contributed by atoms with van der Waals surface area (Å²) in [5.74, 6) is -17.4. The van der Waals surface area contributed by atoms with Gasteiger partial charge in [-0.3, -0.25) is 76.9 Å². The molecule has 27 N–H and O–H groups in total. The zero-order valence-corrected chi connectivity index (χ0v) is 57.7. The van der Waals surface area contributed by atoms with E-state index in [4.69, 9.17) is 34.4 Å². The number of aliphatic imine (C=N–C) groups is 1. The molecule has 0 unspecified atom stereocenters. The van der Waals surface area contributed by atoms with Gasteiger partial charge in [-0.15, -0.1) is 0 Å². The fraction of sp³-hybridized carbons (Fsp3) is 0.645. The van der Waals surface area contributed by atoms with Crippen molar-refractivity contribution in [2.45, 2.75) is 212 Å². The van der Waals surface area contributed by atoms with Crippen LogP contribution in [-0.2, 0) is 78.3 Å². The lowest BCUT2D eigenvalue weighted by atomic mass is 9.96. The second-order valence-corrected chi connectivity index (χ2v) is 24.7. The second-order valence-electron chi connectivity index (χ2n) is 24.7. The number of primary amides is 2. The van der Waals surface area contributed by atoms with Crippen molar-refractivity contribution in [2.24, 2.45) is 57.1 Å². The van der Waals surface area contributed by atoms with Crippen LogP contribution in [0, 0.1) is 17.8 Å². The van der Waals surface area contributed by atoms with Gasteiger partial charge in [-0.05, 0) is 114 Å². The second kappa shape index (κ2) is 44.9. The highest BCUT2D eigenvalue weighted by Gasteiger charge is 2.39. The number of carbonyl (C=O) groups excluding carboxylic acids is 14. The monoisotopic (exact) mass is 1400 g/mol. The molecule has 37 heteroatoms. The summed E-state index contributed by atoms with van der Waals surface area (Å²) < 4.78 is 0. The Labute approximate surface area is 574 Å². The number of carbonyl (C=O) groups is 15. The summed E-state index contributed by atoms with van der Waals surface area (Å²) in [5, 5.41) is 60.4. The van der Waals surface area contributed by atoms with Crippen molar-refractivity contribution >= 4 is 94.6 Å². The van der Waals surface area contributed by atoms with Crippen molar-refractivity contribution in [3.63, 3.8) is 0 Å². The molecule has 0 bridgehead atoms. The number of carboxylic acid groups (broad SMARTS) is 1. The van der Waals surface area contributed by atoms with Crippen molar-refractivity contribution in [2.75, 3.05) is 26.2 Å². The molecule has 0 radical (unpaired) electrons. The standard InChI is InChI=1S/C62H105N19O18/c1-10-32(6)49(60(98)81-50(34(8)82)61(99)79-48(31(4)5)58(96)74-39(17-12-14-24-64)54(92)78-47(30(2)3)59(97)75-41(51(66)89)27-44(65)85)80-55(93)40(18-15-25-69-62(67)68)72-53(91)38(16-11-13-23-63)73-56(94)42(26-36-19-21-37(84)22-20-36)77-57(95)43(28-46(87)88)76-52(90)33(7)71-45(86)29-70-35(9)83/h19-22,30-34,38-43,47-50,82,84H,10-18,23-29,63-64H2,1-9H3,(H2,65,85)(H2,66,89)(H,70,83)(H,71,86)(H,72,91)(H,73,94)(H,74,96)(H,75,97)(H,76,90)(H,77,95)(H,78,92)(H,79,99)(H,80,93)(H,81,98)(H,87,88)(H4,67,68,69)/t32-,33-,34+,38-,39-,40-,41-,42-,43-,47-,48-,49-,50-/m0/s1. The quantitative estimate of drug-likeness (QED) is 0.0164. The maximum absolute atomic E-state index is 14.6. The third-order valence-electron chi connectivity index (χ3n) is 15.4. The third kappa shape index (κ3) is 33.4. The number of rotatable bonds is 47. The molecule has 0 heterocycles. The van der Waals surface area contributed by atoms with E-state index in [1.165, 1.54) is 38.1 Å². The van der Waals surface area contributed by atoms with Gasteiger partial charge in [0.2, 0.25) is 82.7 Å². The van der Waals surface area contributed by atoms with Crippen molar-refractivity contribution in [1.82, 2.24) is 63.8 Å². The number of benzene rings is 1. The normalized spacial score (nSPS) is 15.0. The molecule has 1 rings (SSSR count). The number of phenolic OH excluding ortho intramolecular Hbond substituents is 1.